The summed E-state index contributed by atoms with van der Waals surface area (Å²) in [7, 11) is -1.79. The van der Waals surface area contributed by atoms with Crippen molar-refractivity contribution in [2.75, 3.05) is 27.9 Å². The predicted octanol–water partition coefficient (Wildman–Crippen LogP) is 2.16. The molecular weight excluding hydrogens is 360 g/mol. The number of amides is 1. The SMILES string of the molecule is CN1C(=O)C(C)(C)COc2ccc(NS(=O)(=O)CBr)cc21. The molecule has 0 spiro atoms. The Labute approximate surface area is 132 Å². The molecule has 0 saturated carbocycles. The second-order valence-electron chi connectivity index (χ2n) is 5.55. The van der Waals surface area contributed by atoms with Crippen molar-refractivity contribution in [1.29, 1.82) is 0 Å². The van der Waals surface area contributed by atoms with Gasteiger partial charge in [0.1, 0.15) is 17.0 Å². The second kappa shape index (κ2) is 5.49. The van der Waals surface area contributed by atoms with Crippen LogP contribution in [0.4, 0.5) is 11.4 Å². The van der Waals surface area contributed by atoms with E-state index in [1.54, 1.807) is 25.2 Å². The third-order valence-electron chi connectivity index (χ3n) is 3.21. The van der Waals surface area contributed by atoms with Gasteiger partial charge in [-0.25, -0.2) is 8.42 Å². The zero-order chi connectivity index (χ0) is 15.8. The van der Waals surface area contributed by atoms with E-state index in [1.165, 1.54) is 4.90 Å². The molecule has 1 aliphatic rings. The van der Waals surface area contributed by atoms with E-state index in [0.29, 0.717) is 17.1 Å². The highest BCUT2D eigenvalue weighted by molar-refractivity contribution is 9.10. The first kappa shape index (κ1) is 16.1. The first-order valence-corrected chi connectivity index (χ1v) is 9.05. The molecular formula is C13H17BrN2O4S. The molecule has 116 valence electrons. The Hall–Kier alpha value is -1.28. The highest BCUT2D eigenvalue weighted by atomic mass is 79.9. The third-order valence-corrected chi connectivity index (χ3v) is 5.85. The topological polar surface area (TPSA) is 75.7 Å². The fourth-order valence-corrected chi connectivity index (χ4v) is 2.94. The summed E-state index contributed by atoms with van der Waals surface area (Å²) in [6.07, 6.45) is 0. The molecule has 0 aromatic heterocycles. The van der Waals surface area contributed by atoms with Crippen LogP contribution in [-0.4, -0.2) is 32.6 Å². The van der Waals surface area contributed by atoms with Crippen LogP contribution < -0.4 is 14.4 Å². The summed E-state index contributed by atoms with van der Waals surface area (Å²) in [5, 5.41) is 0. The number of halogens is 1. The summed E-state index contributed by atoms with van der Waals surface area (Å²) in [5.41, 5.74) is 0.292. The number of sulfonamides is 1. The Balaban J connectivity index is 2.41. The molecule has 0 saturated heterocycles. The van der Waals surface area contributed by atoms with Gasteiger partial charge in [0.05, 0.1) is 16.8 Å². The molecule has 0 fully saturated rings. The highest BCUT2D eigenvalue weighted by Gasteiger charge is 2.36. The number of carbonyl (C=O) groups is 1. The van der Waals surface area contributed by atoms with Gasteiger partial charge in [0, 0.05) is 7.05 Å². The molecule has 2 rings (SSSR count). The Kier molecular flexibility index (Phi) is 4.21. The molecule has 1 heterocycles. The molecule has 0 unspecified atom stereocenters. The molecule has 1 amide bonds. The molecule has 1 aromatic carbocycles. The van der Waals surface area contributed by atoms with Gasteiger partial charge in [-0.3, -0.25) is 9.52 Å². The van der Waals surface area contributed by atoms with E-state index >= 15 is 0 Å². The van der Waals surface area contributed by atoms with Gasteiger partial charge < -0.3 is 9.64 Å². The first-order chi connectivity index (χ1) is 9.66. The fraction of sp³-hybridized carbons (Fsp3) is 0.462. The third kappa shape index (κ3) is 3.32. The average Bonchev–Trinajstić information content (AvgIpc) is 2.50. The minimum atomic E-state index is -3.44. The van der Waals surface area contributed by atoms with Crippen LogP contribution in [-0.2, 0) is 14.8 Å². The number of alkyl halides is 1. The van der Waals surface area contributed by atoms with Crippen LogP contribution in [0.25, 0.3) is 0 Å². The summed E-state index contributed by atoms with van der Waals surface area (Å²) >= 11 is 2.91. The summed E-state index contributed by atoms with van der Waals surface area (Å²) in [4.78, 5) is 13.9. The molecule has 6 nitrogen and oxygen atoms in total. The van der Waals surface area contributed by atoms with Crippen molar-refractivity contribution in [3.63, 3.8) is 0 Å². The lowest BCUT2D eigenvalue weighted by Gasteiger charge is -2.24. The summed E-state index contributed by atoms with van der Waals surface area (Å²) in [6, 6.07) is 4.86. The van der Waals surface area contributed by atoms with Gasteiger partial charge in [-0.05, 0) is 32.0 Å². The fourth-order valence-electron chi connectivity index (χ4n) is 2.06. The molecule has 0 bridgehead atoms. The van der Waals surface area contributed by atoms with Crippen molar-refractivity contribution < 1.29 is 17.9 Å². The molecule has 1 aromatic rings. The number of ether oxygens (including phenoxy) is 1. The number of fused-ring (bicyclic) bond motifs is 1. The van der Waals surface area contributed by atoms with Crippen LogP contribution in [0.15, 0.2) is 18.2 Å². The van der Waals surface area contributed by atoms with Crippen LogP contribution in [0.1, 0.15) is 13.8 Å². The molecule has 8 heteroatoms. The zero-order valence-corrected chi connectivity index (χ0v) is 14.4. The summed E-state index contributed by atoms with van der Waals surface area (Å²) < 4.78 is 31.1. The number of nitrogens with one attached hydrogen (secondary N) is 1. The first-order valence-electron chi connectivity index (χ1n) is 6.28. The number of anilines is 2. The Bertz CT molecular complexity index is 673. The van der Waals surface area contributed by atoms with Crippen LogP contribution in [0, 0.1) is 5.41 Å². The number of benzene rings is 1. The minimum absolute atomic E-state index is 0.0817. The van der Waals surface area contributed by atoms with Gasteiger partial charge in [0.25, 0.3) is 0 Å². The lowest BCUT2D eigenvalue weighted by molar-refractivity contribution is -0.127. The van der Waals surface area contributed by atoms with Gasteiger partial charge in [0.15, 0.2) is 0 Å². The molecule has 21 heavy (non-hydrogen) atoms. The average molecular weight is 377 g/mol. The Morgan fingerprint density at radius 2 is 2.10 bits per heavy atom. The molecule has 0 atom stereocenters. The van der Waals surface area contributed by atoms with E-state index in [4.69, 9.17) is 4.74 Å². The van der Waals surface area contributed by atoms with E-state index < -0.39 is 15.4 Å². The molecule has 0 aliphatic carbocycles. The second-order valence-corrected chi connectivity index (χ2v) is 8.57. The number of hydrogen-bond donors (Lipinski definition) is 1. The zero-order valence-electron chi connectivity index (χ0n) is 12.0. The van der Waals surface area contributed by atoms with Crippen molar-refractivity contribution in [3.05, 3.63) is 18.2 Å². The van der Waals surface area contributed by atoms with Crippen molar-refractivity contribution in [2.45, 2.75) is 13.8 Å². The quantitative estimate of drug-likeness (QED) is 0.820. The molecule has 1 aliphatic heterocycles. The predicted molar refractivity (Wildman–Crippen MR) is 85.5 cm³/mol. The largest absolute Gasteiger partial charge is 0.490 e. The van der Waals surface area contributed by atoms with Gasteiger partial charge in [0.2, 0.25) is 15.9 Å². The number of rotatable bonds is 3. The Morgan fingerprint density at radius 3 is 2.71 bits per heavy atom. The standard InChI is InChI=1S/C13H17BrN2O4S/c1-13(2)7-20-11-5-4-9(15-21(18,19)8-14)6-10(11)16(3)12(13)17/h4-6,15H,7-8H2,1-3H3. The van der Waals surface area contributed by atoms with Gasteiger partial charge in [-0.1, -0.05) is 15.9 Å². The monoisotopic (exact) mass is 376 g/mol. The lowest BCUT2D eigenvalue weighted by atomic mass is 9.93. The number of nitrogens with zero attached hydrogens (tertiary/aromatic N) is 1. The van der Waals surface area contributed by atoms with E-state index in [-0.39, 0.29) is 17.2 Å². The van der Waals surface area contributed by atoms with E-state index in [9.17, 15) is 13.2 Å². The van der Waals surface area contributed by atoms with Crippen molar-refractivity contribution >= 4 is 43.2 Å². The lowest BCUT2D eigenvalue weighted by Crippen LogP contribution is -2.39. The normalized spacial score (nSPS) is 17.7. The van der Waals surface area contributed by atoms with E-state index in [1.807, 2.05) is 13.8 Å². The van der Waals surface area contributed by atoms with Crippen LogP contribution in [0.5, 0.6) is 5.75 Å². The van der Waals surface area contributed by atoms with Crippen LogP contribution >= 0.6 is 15.9 Å². The molecule has 1 N–H and O–H groups in total. The van der Waals surface area contributed by atoms with Crippen molar-refractivity contribution in [1.82, 2.24) is 0 Å². The smallest absolute Gasteiger partial charge is 0.242 e. The van der Waals surface area contributed by atoms with Gasteiger partial charge in [-0.2, -0.15) is 0 Å². The van der Waals surface area contributed by atoms with Crippen LogP contribution in [0.3, 0.4) is 0 Å². The summed E-state index contributed by atoms with van der Waals surface area (Å²) in [6.45, 7) is 3.90. The minimum Gasteiger partial charge on any atom is -0.490 e. The van der Waals surface area contributed by atoms with E-state index in [2.05, 4.69) is 20.7 Å². The van der Waals surface area contributed by atoms with Gasteiger partial charge in [-0.15, -0.1) is 0 Å². The summed E-state index contributed by atoms with van der Waals surface area (Å²) in [5.74, 6) is 0.472. The maximum Gasteiger partial charge on any atom is 0.242 e. The Morgan fingerprint density at radius 1 is 1.43 bits per heavy atom. The maximum atomic E-state index is 12.4. The maximum absolute atomic E-state index is 12.4. The highest BCUT2D eigenvalue weighted by Crippen LogP contribution is 2.37. The van der Waals surface area contributed by atoms with E-state index in [0.717, 1.165) is 0 Å². The van der Waals surface area contributed by atoms with Crippen molar-refractivity contribution in [2.24, 2.45) is 5.41 Å². The number of hydrogen-bond acceptors (Lipinski definition) is 4. The number of carbonyl (C=O) groups excluding carboxylic acids is 1. The molecule has 0 radical (unpaired) electrons. The van der Waals surface area contributed by atoms with Crippen molar-refractivity contribution in [3.8, 4) is 5.75 Å². The van der Waals surface area contributed by atoms with Gasteiger partial charge >= 0.3 is 0 Å². The van der Waals surface area contributed by atoms with Crippen LogP contribution in [0.2, 0.25) is 0 Å².